The number of aromatic nitrogens is 3. The Bertz CT molecular complexity index is 693. The summed E-state index contributed by atoms with van der Waals surface area (Å²) in [4.78, 5) is 4.17. The van der Waals surface area contributed by atoms with E-state index in [0.29, 0.717) is 16.8 Å². The van der Waals surface area contributed by atoms with Gasteiger partial charge in [-0.1, -0.05) is 18.2 Å². The molecule has 1 aromatic carbocycles. The van der Waals surface area contributed by atoms with Gasteiger partial charge in [-0.15, -0.1) is 0 Å². The molecule has 3 aromatic rings. The fourth-order valence-electron chi connectivity index (χ4n) is 1.69. The highest BCUT2D eigenvalue weighted by molar-refractivity contribution is 9.10. The van der Waals surface area contributed by atoms with Crippen molar-refractivity contribution in [3.63, 3.8) is 0 Å². The lowest BCUT2D eigenvalue weighted by Crippen LogP contribution is -1.93. The second kappa shape index (κ2) is 3.92. The van der Waals surface area contributed by atoms with E-state index in [-0.39, 0.29) is 5.82 Å². The van der Waals surface area contributed by atoms with E-state index in [2.05, 4.69) is 26.0 Å². The van der Waals surface area contributed by atoms with Gasteiger partial charge >= 0.3 is 0 Å². The van der Waals surface area contributed by atoms with Gasteiger partial charge in [0, 0.05) is 11.1 Å². The average Bonchev–Trinajstić information content (AvgIpc) is 2.71. The monoisotopic (exact) mass is 291 g/mol. The van der Waals surface area contributed by atoms with Gasteiger partial charge in [0.1, 0.15) is 10.4 Å². The molecule has 0 saturated carbocycles. The van der Waals surface area contributed by atoms with Gasteiger partial charge in [-0.3, -0.25) is 0 Å². The molecule has 0 saturated heterocycles. The van der Waals surface area contributed by atoms with Gasteiger partial charge in [0.25, 0.3) is 0 Å². The number of benzene rings is 1. The third-order valence-corrected chi connectivity index (χ3v) is 3.05. The number of fused-ring (bicyclic) bond motifs is 1. The van der Waals surface area contributed by atoms with Gasteiger partial charge in [-0.2, -0.15) is 5.10 Å². The second-order valence-electron chi connectivity index (χ2n) is 3.58. The Hall–Kier alpha value is -1.75. The van der Waals surface area contributed by atoms with Crippen LogP contribution in [0.2, 0.25) is 0 Å². The van der Waals surface area contributed by atoms with Crippen molar-refractivity contribution in [1.29, 1.82) is 0 Å². The largest absolute Gasteiger partial charge is 0.234 e. The summed E-state index contributed by atoms with van der Waals surface area (Å²) in [5.74, 6) is -0.260. The normalized spacial score (nSPS) is 10.9. The van der Waals surface area contributed by atoms with Crippen LogP contribution in [0.25, 0.3) is 16.8 Å². The van der Waals surface area contributed by atoms with Gasteiger partial charge in [-0.25, -0.2) is 13.9 Å². The lowest BCUT2D eigenvalue weighted by atomic mass is 10.1. The van der Waals surface area contributed by atoms with Gasteiger partial charge < -0.3 is 0 Å². The number of halogens is 2. The molecule has 0 aliphatic rings. The highest BCUT2D eigenvalue weighted by Gasteiger charge is 2.07. The molecule has 0 atom stereocenters. The first-order chi connectivity index (χ1) is 8.25. The molecule has 0 aliphatic carbocycles. The van der Waals surface area contributed by atoms with Crippen molar-refractivity contribution in [3.05, 3.63) is 53.1 Å². The van der Waals surface area contributed by atoms with Crippen molar-refractivity contribution in [1.82, 2.24) is 14.6 Å². The van der Waals surface area contributed by atoms with Crippen LogP contribution in [0.1, 0.15) is 0 Å². The van der Waals surface area contributed by atoms with E-state index in [4.69, 9.17) is 0 Å². The van der Waals surface area contributed by atoms with Crippen LogP contribution in [0.15, 0.2) is 47.3 Å². The molecule has 0 radical (unpaired) electrons. The summed E-state index contributed by atoms with van der Waals surface area (Å²) in [6.07, 6.45) is 3.28. The number of hydrogen-bond donors (Lipinski definition) is 0. The van der Waals surface area contributed by atoms with E-state index in [1.54, 1.807) is 41.2 Å². The molecule has 0 fully saturated rings. The topological polar surface area (TPSA) is 30.2 Å². The molecular formula is C12H7BrFN3. The molecule has 3 nitrogen and oxygen atoms in total. The van der Waals surface area contributed by atoms with E-state index in [9.17, 15) is 4.39 Å². The lowest BCUT2D eigenvalue weighted by Gasteiger charge is -2.03. The zero-order valence-corrected chi connectivity index (χ0v) is 10.2. The summed E-state index contributed by atoms with van der Waals surface area (Å²) in [6.45, 7) is 0. The van der Waals surface area contributed by atoms with Crippen LogP contribution in [-0.4, -0.2) is 14.6 Å². The maximum Gasteiger partial charge on any atom is 0.155 e. The van der Waals surface area contributed by atoms with Crippen molar-refractivity contribution in [2.45, 2.75) is 0 Å². The number of rotatable bonds is 1. The molecule has 0 bridgehead atoms. The van der Waals surface area contributed by atoms with Crippen LogP contribution in [0.3, 0.4) is 0 Å². The van der Waals surface area contributed by atoms with Gasteiger partial charge in [0.05, 0.1) is 12.4 Å². The third kappa shape index (κ3) is 1.72. The van der Waals surface area contributed by atoms with Crippen molar-refractivity contribution >= 4 is 21.6 Å². The molecule has 17 heavy (non-hydrogen) atoms. The molecule has 84 valence electrons. The first-order valence-corrected chi connectivity index (χ1v) is 5.79. The van der Waals surface area contributed by atoms with Crippen LogP contribution in [0, 0.1) is 5.82 Å². The maximum atomic E-state index is 13.6. The van der Waals surface area contributed by atoms with Crippen molar-refractivity contribution in [2.75, 3.05) is 0 Å². The first kappa shape index (κ1) is 10.4. The number of hydrogen-bond acceptors (Lipinski definition) is 2. The molecule has 0 aliphatic heterocycles. The van der Waals surface area contributed by atoms with Crippen LogP contribution < -0.4 is 0 Å². The van der Waals surface area contributed by atoms with Crippen molar-refractivity contribution < 1.29 is 4.39 Å². The summed E-state index contributed by atoms with van der Waals surface area (Å²) in [5.41, 5.74) is 1.92. The molecule has 0 amide bonds. The zero-order chi connectivity index (χ0) is 11.8. The summed E-state index contributed by atoms with van der Waals surface area (Å²) < 4.78 is 16.0. The van der Waals surface area contributed by atoms with Crippen molar-refractivity contribution in [2.24, 2.45) is 0 Å². The van der Waals surface area contributed by atoms with Gasteiger partial charge in [0.2, 0.25) is 0 Å². The van der Waals surface area contributed by atoms with Crippen LogP contribution >= 0.6 is 15.9 Å². The van der Waals surface area contributed by atoms with E-state index in [1.165, 1.54) is 6.07 Å². The molecule has 0 spiro atoms. The molecule has 0 unspecified atom stereocenters. The second-order valence-corrected chi connectivity index (χ2v) is 4.39. The van der Waals surface area contributed by atoms with E-state index < -0.39 is 0 Å². The molecule has 5 heteroatoms. The molecule has 2 aromatic heterocycles. The number of imidazole rings is 1. The predicted octanol–water partition coefficient (Wildman–Crippen LogP) is 3.30. The minimum Gasteiger partial charge on any atom is -0.234 e. The molecule has 2 heterocycles. The fraction of sp³-hybridized carbons (Fsp3) is 0. The Morgan fingerprint density at radius 1 is 1.18 bits per heavy atom. The lowest BCUT2D eigenvalue weighted by molar-refractivity contribution is 0.631. The smallest absolute Gasteiger partial charge is 0.155 e. The number of nitrogens with zero attached hydrogens (tertiary/aromatic N) is 3. The minimum atomic E-state index is -0.260. The van der Waals surface area contributed by atoms with Gasteiger partial charge in [-0.05, 0) is 28.1 Å². The van der Waals surface area contributed by atoms with Crippen LogP contribution in [-0.2, 0) is 0 Å². The highest BCUT2D eigenvalue weighted by Crippen LogP contribution is 2.23. The molecule has 0 N–H and O–H groups in total. The van der Waals surface area contributed by atoms with E-state index >= 15 is 0 Å². The summed E-state index contributed by atoms with van der Waals surface area (Å²) in [6, 6.07) is 8.42. The Balaban J connectivity index is 2.22. The quantitative estimate of drug-likeness (QED) is 0.689. The summed E-state index contributed by atoms with van der Waals surface area (Å²) in [5, 5.41) is 4.20. The van der Waals surface area contributed by atoms with Crippen molar-refractivity contribution in [3.8, 4) is 11.1 Å². The Morgan fingerprint density at radius 3 is 2.82 bits per heavy atom. The van der Waals surface area contributed by atoms with Crippen LogP contribution in [0.5, 0.6) is 0 Å². The molecular weight excluding hydrogens is 285 g/mol. The van der Waals surface area contributed by atoms with Gasteiger partial charge in [0.15, 0.2) is 5.65 Å². The van der Waals surface area contributed by atoms with E-state index in [0.717, 1.165) is 4.60 Å². The Labute approximate surface area is 105 Å². The average molecular weight is 292 g/mol. The summed E-state index contributed by atoms with van der Waals surface area (Å²) in [7, 11) is 0. The maximum absolute atomic E-state index is 13.6. The van der Waals surface area contributed by atoms with E-state index in [1.807, 2.05) is 0 Å². The Morgan fingerprint density at radius 2 is 2.00 bits per heavy atom. The van der Waals surface area contributed by atoms with Crippen LogP contribution in [0.4, 0.5) is 4.39 Å². The standard InChI is InChI=1S/C12H7BrFN3/c13-11-7-15-12-5-8(6-16-17(11)12)9-3-1-2-4-10(9)14/h1-7H. The summed E-state index contributed by atoms with van der Waals surface area (Å²) >= 11 is 3.33. The Kier molecular flexibility index (Phi) is 2.40. The zero-order valence-electron chi connectivity index (χ0n) is 8.64. The highest BCUT2D eigenvalue weighted by atomic mass is 79.9. The minimum absolute atomic E-state index is 0.260. The SMILES string of the molecule is Fc1ccccc1-c1cnn2c(Br)cnc2c1. The first-order valence-electron chi connectivity index (χ1n) is 5.00. The predicted molar refractivity (Wildman–Crippen MR) is 66.1 cm³/mol. The molecule has 3 rings (SSSR count). The third-order valence-electron chi connectivity index (χ3n) is 2.50. The fourth-order valence-corrected chi connectivity index (χ4v) is 2.07.